The van der Waals surface area contributed by atoms with Crippen molar-refractivity contribution in [1.82, 2.24) is 14.8 Å². The number of aromatic nitrogens is 1. The van der Waals surface area contributed by atoms with Crippen molar-refractivity contribution in [1.29, 1.82) is 0 Å². The SMILES string of the molecule is Cc1c(C(=O)N2C[C@@H](O)[C@H](N3CCCC3)C2)[nH]c2ccc(F)cc12. The molecule has 0 saturated carbocycles. The Morgan fingerprint density at radius 2 is 2.04 bits per heavy atom. The Labute approximate surface area is 140 Å². The third-order valence-electron chi connectivity index (χ3n) is 5.39. The number of carbonyl (C=O) groups is 1. The minimum Gasteiger partial charge on any atom is -0.390 e. The number of aliphatic hydroxyl groups is 1. The first kappa shape index (κ1) is 15.6. The number of aliphatic hydroxyl groups excluding tert-OH is 1. The van der Waals surface area contributed by atoms with E-state index in [9.17, 15) is 14.3 Å². The van der Waals surface area contributed by atoms with E-state index in [-0.39, 0.29) is 17.8 Å². The fraction of sp³-hybridized carbons (Fsp3) is 0.500. The minimum absolute atomic E-state index is 0.0265. The molecule has 128 valence electrons. The van der Waals surface area contributed by atoms with Crippen LogP contribution in [0.4, 0.5) is 4.39 Å². The second-order valence-electron chi connectivity index (χ2n) is 6.90. The molecule has 4 rings (SSSR count). The van der Waals surface area contributed by atoms with Crippen LogP contribution in [0.15, 0.2) is 18.2 Å². The van der Waals surface area contributed by atoms with Crippen molar-refractivity contribution < 1.29 is 14.3 Å². The Morgan fingerprint density at radius 3 is 2.79 bits per heavy atom. The van der Waals surface area contributed by atoms with Crippen LogP contribution in [0.1, 0.15) is 28.9 Å². The van der Waals surface area contributed by atoms with Gasteiger partial charge in [0.05, 0.1) is 12.1 Å². The Balaban J connectivity index is 1.59. The number of nitrogens with one attached hydrogen (secondary N) is 1. The third-order valence-corrected chi connectivity index (χ3v) is 5.39. The quantitative estimate of drug-likeness (QED) is 0.884. The number of rotatable bonds is 2. The van der Waals surface area contributed by atoms with E-state index in [4.69, 9.17) is 0 Å². The zero-order valence-corrected chi connectivity index (χ0v) is 13.8. The summed E-state index contributed by atoms with van der Waals surface area (Å²) in [5, 5.41) is 11.1. The van der Waals surface area contributed by atoms with Crippen molar-refractivity contribution in [2.24, 2.45) is 0 Å². The number of hydrogen-bond donors (Lipinski definition) is 2. The molecule has 6 heteroatoms. The lowest BCUT2D eigenvalue weighted by atomic mass is 10.1. The Hall–Kier alpha value is -1.92. The summed E-state index contributed by atoms with van der Waals surface area (Å²) in [6.07, 6.45) is 1.81. The molecule has 1 aromatic carbocycles. The van der Waals surface area contributed by atoms with Gasteiger partial charge in [-0.25, -0.2) is 4.39 Å². The van der Waals surface area contributed by atoms with Gasteiger partial charge in [0.2, 0.25) is 0 Å². The molecule has 2 N–H and O–H groups in total. The van der Waals surface area contributed by atoms with Gasteiger partial charge < -0.3 is 15.0 Å². The molecule has 0 unspecified atom stereocenters. The van der Waals surface area contributed by atoms with Gasteiger partial charge in [-0.1, -0.05) is 0 Å². The Morgan fingerprint density at radius 1 is 1.29 bits per heavy atom. The molecule has 2 atom stereocenters. The lowest BCUT2D eigenvalue weighted by molar-refractivity contribution is 0.0758. The van der Waals surface area contributed by atoms with Gasteiger partial charge in [0.15, 0.2) is 0 Å². The maximum Gasteiger partial charge on any atom is 0.270 e. The fourth-order valence-corrected chi connectivity index (χ4v) is 4.04. The summed E-state index contributed by atoms with van der Waals surface area (Å²) >= 11 is 0. The molecule has 2 aliphatic heterocycles. The van der Waals surface area contributed by atoms with Gasteiger partial charge in [-0.15, -0.1) is 0 Å². The fourth-order valence-electron chi connectivity index (χ4n) is 4.04. The number of carbonyl (C=O) groups excluding carboxylic acids is 1. The lowest BCUT2D eigenvalue weighted by Crippen LogP contribution is -2.41. The summed E-state index contributed by atoms with van der Waals surface area (Å²) in [7, 11) is 0. The van der Waals surface area contributed by atoms with Gasteiger partial charge >= 0.3 is 0 Å². The molecule has 0 aliphatic carbocycles. The molecule has 3 heterocycles. The van der Waals surface area contributed by atoms with E-state index in [0.717, 1.165) is 42.4 Å². The van der Waals surface area contributed by atoms with Crippen LogP contribution < -0.4 is 0 Å². The molecule has 0 radical (unpaired) electrons. The summed E-state index contributed by atoms with van der Waals surface area (Å²) < 4.78 is 13.5. The number of aryl methyl sites for hydroxylation is 1. The second kappa shape index (κ2) is 5.86. The summed E-state index contributed by atoms with van der Waals surface area (Å²) in [6.45, 7) is 4.71. The van der Waals surface area contributed by atoms with Crippen LogP contribution in [0.5, 0.6) is 0 Å². The Kier molecular flexibility index (Phi) is 3.81. The summed E-state index contributed by atoms with van der Waals surface area (Å²) in [5.74, 6) is -0.431. The monoisotopic (exact) mass is 331 g/mol. The van der Waals surface area contributed by atoms with E-state index in [0.29, 0.717) is 18.8 Å². The lowest BCUT2D eigenvalue weighted by Gasteiger charge is -2.25. The highest BCUT2D eigenvalue weighted by molar-refractivity contribution is 6.01. The first-order chi connectivity index (χ1) is 11.5. The number of aromatic amines is 1. The van der Waals surface area contributed by atoms with Crippen LogP contribution in [0.2, 0.25) is 0 Å². The van der Waals surface area contributed by atoms with Crippen molar-refractivity contribution >= 4 is 16.8 Å². The molecule has 5 nitrogen and oxygen atoms in total. The van der Waals surface area contributed by atoms with Gasteiger partial charge in [-0.2, -0.15) is 0 Å². The molecular weight excluding hydrogens is 309 g/mol. The van der Waals surface area contributed by atoms with Crippen molar-refractivity contribution in [3.8, 4) is 0 Å². The van der Waals surface area contributed by atoms with Gasteiger partial charge in [0.25, 0.3) is 5.91 Å². The molecule has 1 amide bonds. The van der Waals surface area contributed by atoms with E-state index >= 15 is 0 Å². The molecular formula is C18H22FN3O2. The minimum atomic E-state index is -0.505. The number of H-pyrrole nitrogens is 1. The Bertz CT molecular complexity index is 782. The smallest absolute Gasteiger partial charge is 0.270 e. The number of nitrogens with zero attached hydrogens (tertiary/aromatic N) is 2. The van der Waals surface area contributed by atoms with Gasteiger partial charge in [0.1, 0.15) is 11.5 Å². The van der Waals surface area contributed by atoms with E-state index in [1.807, 2.05) is 6.92 Å². The van der Waals surface area contributed by atoms with Crippen molar-refractivity contribution in [2.45, 2.75) is 31.9 Å². The van der Waals surface area contributed by atoms with Crippen LogP contribution >= 0.6 is 0 Å². The number of halogens is 1. The molecule has 24 heavy (non-hydrogen) atoms. The van der Waals surface area contributed by atoms with Crippen LogP contribution in [-0.4, -0.2) is 64.1 Å². The van der Waals surface area contributed by atoms with Crippen LogP contribution in [0, 0.1) is 12.7 Å². The average molecular weight is 331 g/mol. The number of benzene rings is 1. The average Bonchev–Trinajstić information content (AvgIpc) is 3.27. The molecule has 0 spiro atoms. The maximum absolute atomic E-state index is 13.5. The number of fused-ring (bicyclic) bond motifs is 1. The zero-order valence-electron chi connectivity index (χ0n) is 13.8. The topological polar surface area (TPSA) is 59.6 Å². The number of likely N-dealkylation sites (tertiary alicyclic amines) is 2. The van der Waals surface area contributed by atoms with Crippen molar-refractivity contribution in [3.05, 3.63) is 35.3 Å². The second-order valence-corrected chi connectivity index (χ2v) is 6.90. The summed E-state index contributed by atoms with van der Waals surface area (Å²) in [5.41, 5.74) is 2.01. The summed E-state index contributed by atoms with van der Waals surface area (Å²) in [6, 6.07) is 4.51. The molecule has 2 fully saturated rings. The molecule has 1 aromatic heterocycles. The van der Waals surface area contributed by atoms with Crippen LogP contribution in [-0.2, 0) is 0 Å². The van der Waals surface area contributed by atoms with Crippen LogP contribution in [0.25, 0.3) is 10.9 Å². The predicted octanol–water partition coefficient (Wildman–Crippen LogP) is 1.90. The predicted molar refractivity (Wildman–Crippen MR) is 89.5 cm³/mol. The maximum atomic E-state index is 13.5. The van der Waals surface area contributed by atoms with Crippen molar-refractivity contribution in [2.75, 3.05) is 26.2 Å². The standard InChI is InChI=1S/C18H22FN3O2/c1-11-13-8-12(19)4-5-14(13)20-17(11)18(24)22-9-15(16(23)10-22)21-6-2-3-7-21/h4-5,8,15-16,20,23H,2-3,6-7,9-10H2,1H3/t15-,16-/m1/s1. The van der Waals surface area contributed by atoms with E-state index in [2.05, 4.69) is 9.88 Å². The van der Waals surface area contributed by atoms with Gasteiger partial charge in [-0.05, 0) is 56.6 Å². The van der Waals surface area contributed by atoms with Gasteiger partial charge in [-0.3, -0.25) is 9.69 Å². The number of amides is 1. The number of hydrogen-bond acceptors (Lipinski definition) is 3. The first-order valence-corrected chi connectivity index (χ1v) is 8.54. The largest absolute Gasteiger partial charge is 0.390 e. The zero-order chi connectivity index (χ0) is 16.8. The highest BCUT2D eigenvalue weighted by Crippen LogP contribution is 2.26. The third kappa shape index (κ3) is 2.50. The molecule has 2 saturated heterocycles. The molecule has 0 bridgehead atoms. The highest BCUT2D eigenvalue weighted by Gasteiger charge is 2.39. The first-order valence-electron chi connectivity index (χ1n) is 8.54. The number of β-amino-alcohol motifs (C(OH)–C–C–N with tert-alkyl or cyclic N) is 1. The summed E-state index contributed by atoms with van der Waals surface area (Å²) in [4.78, 5) is 20.0. The van der Waals surface area contributed by atoms with Gasteiger partial charge in [0, 0.05) is 24.0 Å². The van der Waals surface area contributed by atoms with E-state index in [1.165, 1.54) is 12.1 Å². The molecule has 2 aromatic rings. The molecule has 2 aliphatic rings. The van der Waals surface area contributed by atoms with Crippen LogP contribution in [0.3, 0.4) is 0 Å². The normalized spacial score (nSPS) is 25.0. The van der Waals surface area contributed by atoms with E-state index < -0.39 is 6.10 Å². The van der Waals surface area contributed by atoms with Crippen molar-refractivity contribution in [3.63, 3.8) is 0 Å². The van der Waals surface area contributed by atoms with E-state index in [1.54, 1.807) is 11.0 Å². The highest BCUT2D eigenvalue weighted by atomic mass is 19.1.